The lowest BCUT2D eigenvalue weighted by Gasteiger charge is -2.07. The molecule has 0 saturated heterocycles. The molecule has 6 nitrogen and oxygen atoms in total. The van der Waals surface area contributed by atoms with E-state index in [0.29, 0.717) is 23.1 Å². The zero-order valence-electron chi connectivity index (χ0n) is 11.1. The van der Waals surface area contributed by atoms with Crippen molar-refractivity contribution in [1.29, 1.82) is 0 Å². The topological polar surface area (TPSA) is 95.1 Å². The molecule has 0 atom stereocenters. The number of hydrogen-bond donors (Lipinski definition) is 2. The van der Waals surface area contributed by atoms with E-state index in [-0.39, 0.29) is 0 Å². The third kappa shape index (κ3) is 1.69. The van der Waals surface area contributed by atoms with Gasteiger partial charge in [-0.2, -0.15) is 4.98 Å². The quantitative estimate of drug-likeness (QED) is 0.519. The Bertz CT molecular complexity index is 958. The molecular weight excluding hydrogens is 264 g/mol. The van der Waals surface area contributed by atoms with Crippen LogP contribution in [0.2, 0.25) is 0 Å². The molecule has 4 aromatic rings. The van der Waals surface area contributed by atoms with Crippen LogP contribution < -0.4 is 11.5 Å². The molecule has 0 spiro atoms. The number of nitrogen functional groups attached to an aromatic ring is 2. The van der Waals surface area contributed by atoms with Gasteiger partial charge in [0.15, 0.2) is 5.82 Å². The highest BCUT2D eigenvalue weighted by Gasteiger charge is 2.14. The maximum Gasteiger partial charge on any atom is 0.257 e. The van der Waals surface area contributed by atoms with Gasteiger partial charge < -0.3 is 11.5 Å². The highest BCUT2D eigenvalue weighted by molar-refractivity contribution is 5.93. The first kappa shape index (κ1) is 11.7. The molecule has 0 saturated carbocycles. The summed E-state index contributed by atoms with van der Waals surface area (Å²) < 4.78 is 1.87. The second kappa shape index (κ2) is 4.17. The lowest BCUT2D eigenvalue weighted by atomic mass is 10.2. The van der Waals surface area contributed by atoms with E-state index in [2.05, 4.69) is 15.2 Å². The van der Waals surface area contributed by atoms with E-state index in [4.69, 9.17) is 11.5 Å². The summed E-state index contributed by atoms with van der Waals surface area (Å²) in [4.78, 5) is 4.31. The van der Waals surface area contributed by atoms with E-state index < -0.39 is 0 Å². The van der Waals surface area contributed by atoms with E-state index in [1.165, 1.54) is 0 Å². The second-order valence-corrected chi connectivity index (χ2v) is 4.80. The SMILES string of the molecule is Nc1ccc2c(N)nc3nnc(-c4ccccc4)n3c2c1. The lowest BCUT2D eigenvalue weighted by Crippen LogP contribution is -2.00. The van der Waals surface area contributed by atoms with Gasteiger partial charge in [-0.3, -0.25) is 4.40 Å². The molecule has 4 N–H and O–H groups in total. The summed E-state index contributed by atoms with van der Waals surface area (Å²) in [6.07, 6.45) is 0. The van der Waals surface area contributed by atoms with Crippen LogP contribution in [0.5, 0.6) is 0 Å². The van der Waals surface area contributed by atoms with Crippen molar-refractivity contribution in [3.05, 3.63) is 48.5 Å². The molecule has 0 aliphatic carbocycles. The molecule has 2 aromatic heterocycles. The number of benzene rings is 2. The van der Waals surface area contributed by atoms with Crippen molar-refractivity contribution in [3.8, 4) is 11.4 Å². The molecule has 0 unspecified atom stereocenters. The van der Waals surface area contributed by atoms with Crippen LogP contribution in [0.15, 0.2) is 48.5 Å². The summed E-state index contributed by atoms with van der Waals surface area (Å²) in [6.45, 7) is 0. The van der Waals surface area contributed by atoms with Gasteiger partial charge in [0, 0.05) is 16.6 Å². The maximum absolute atomic E-state index is 5.99. The zero-order valence-corrected chi connectivity index (χ0v) is 11.1. The summed E-state index contributed by atoms with van der Waals surface area (Å²) in [6, 6.07) is 15.3. The Labute approximate surface area is 120 Å². The Morgan fingerprint density at radius 3 is 2.52 bits per heavy atom. The summed E-state index contributed by atoms with van der Waals surface area (Å²) in [5.74, 6) is 1.60. The summed E-state index contributed by atoms with van der Waals surface area (Å²) in [7, 11) is 0. The number of rotatable bonds is 1. The fourth-order valence-corrected chi connectivity index (χ4v) is 2.46. The Balaban J connectivity index is 2.18. The van der Waals surface area contributed by atoms with Crippen molar-refractivity contribution < 1.29 is 0 Å². The summed E-state index contributed by atoms with van der Waals surface area (Å²) >= 11 is 0. The minimum Gasteiger partial charge on any atom is -0.399 e. The van der Waals surface area contributed by atoms with E-state index in [1.807, 2.05) is 46.9 Å². The fraction of sp³-hybridized carbons (Fsp3) is 0. The zero-order chi connectivity index (χ0) is 14.4. The molecule has 0 fully saturated rings. The third-order valence-electron chi connectivity index (χ3n) is 3.44. The van der Waals surface area contributed by atoms with Crippen LogP contribution in [0.4, 0.5) is 11.5 Å². The van der Waals surface area contributed by atoms with Crippen LogP contribution in [0.1, 0.15) is 0 Å². The molecule has 2 aromatic carbocycles. The summed E-state index contributed by atoms with van der Waals surface area (Å²) in [5.41, 5.74) is 14.4. The molecule has 0 aliphatic rings. The minimum absolute atomic E-state index is 0.421. The average Bonchev–Trinajstić information content (AvgIpc) is 2.92. The Morgan fingerprint density at radius 2 is 1.71 bits per heavy atom. The van der Waals surface area contributed by atoms with Gasteiger partial charge in [-0.25, -0.2) is 0 Å². The monoisotopic (exact) mass is 276 g/mol. The first-order chi connectivity index (χ1) is 10.2. The molecule has 0 amide bonds. The van der Waals surface area contributed by atoms with Gasteiger partial charge in [0.1, 0.15) is 5.82 Å². The largest absolute Gasteiger partial charge is 0.399 e. The van der Waals surface area contributed by atoms with Gasteiger partial charge in [-0.1, -0.05) is 30.3 Å². The number of hydrogen-bond acceptors (Lipinski definition) is 5. The molecule has 0 aliphatic heterocycles. The van der Waals surface area contributed by atoms with Gasteiger partial charge in [0.05, 0.1) is 5.52 Å². The number of anilines is 2. The predicted molar refractivity (Wildman–Crippen MR) is 82.5 cm³/mol. The van der Waals surface area contributed by atoms with Crippen LogP contribution in [-0.2, 0) is 0 Å². The normalized spacial score (nSPS) is 11.2. The predicted octanol–water partition coefficient (Wildman–Crippen LogP) is 2.11. The molecule has 102 valence electrons. The van der Waals surface area contributed by atoms with E-state index in [9.17, 15) is 0 Å². The van der Waals surface area contributed by atoms with Gasteiger partial charge in [0.25, 0.3) is 5.78 Å². The second-order valence-electron chi connectivity index (χ2n) is 4.80. The first-order valence-electron chi connectivity index (χ1n) is 6.49. The van der Waals surface area contributed by atoms with Gasteiger partial charge in [0.2, 0.25) is 0 Å². The molecule has 0 bridgehead atoms. The average molecular weight is 276 g/mol. The van der Waals surface area contributed by atoms with E-state index in [1.54, 1.807) is 6.07 Å². The highest BCUT2D eigenvalue weighted by Crippen LogP contribution is 2.27. The van der Waals surface area contributed by atoms with Crippen LogP contribution in [-0.4, -0.2) is 19.6 Å². The summed E-state index contributed by atoms with van der Waals surface area (Å²) in [5, 5.41) is 9.18. The molecule has 4 rings (SSSR count). The van der Waals surface area contributed by atoms with Crippen molar-refractivity contribution in [3.63, 3.8) is 0 Å². The number of nitrogens with zero attached hydrogens (tertiary/aromatic N) is 4. The highest BCUT2D eigenvalue weighted by atomic mass is 15.3. The number of fused-ring (bicyclic) bond motifs is 3. The van der Waals surface area contributed by atoms with Crippen LogP contribution in [0.25, 0.3) is 28.1 Å². The van der Waals surface area contributed by atoms with Gasteiger partial charge in [-0.05, 0) is 18.2 Å². The number of nitrogens with two attached hydrogens (primary N) is 2. The van der Waals surface area contributed by atoms with Gasteiger partial charge >= 0.3 is 0 Å². The van der Waals surface area contributed by atoms with Crippen molar-refractivity contribution in [1.82, 2.24) is 19.6 Å². The van der Waals surface area contributed by atoms with Gasteiger partial charge in [-0.15, -0.1) is 10.2 Å². The molecule has 6 heteroatoms. The van der Waals surface area contributed by atoms with Crippen molar-refractivity contribution in [2.45, 2.75) is 0 Å². The van der Waals surface area contributed by atoms with Crippen molar-refractivity contribution in [2.24, 2.45) is 0 Å². The molecule has 21 heavy (non-hydrogen) atoms. The van der Waals surface area contributed by atoms with Crippen molar-refractivity contribution >= 4 is 28.2 Å². The Morgan fingerprint density at radius 1 is 0.905 bits per heavy atom. The molecule has 0 radical (unpaired) electrons. The fourth-order valence-electron chi connectivity index (χ4n) is 2.46. The van der Waals surface area contributed by atoms with E-state index >= 15 is 0 Å². The third-order valence-corrected chi connectivity index (χ3v) is 3.44. The maximum atomic E-state index is 5.99. The molecular formula is C15H12N6. The Hall–Kier alpha value is -3.15. The molecule has 2 heterocycles. The van der Waals surface area contributed by atoms with Crippen molar-refractivity contribution in [2.75, 3.05) is 11.5 Å². The van der Waals surface area contributed by atoms with Crippen LogP contribution in [0, 0.1) is 0 Å². The number of aromatic nitrogens is 4. The first-order valence-corrected chi connectivity index (χ1v) is 6.49. The minimum atomic E-state index is 0.421. The lowest BCUT2D eigenvalue weighted by molar-refractivity contribution is 1.10. The Kier molecular flexibility index (Phi) is 2.32. The van der Waals surface area contributed by atoms with Crippen LogP contribution in [0.3, 0.4) is 0 Å². The van der Waals surface area contributed by atoms with E-state index in [0.717, 1.165) is 16.5 Å². The van der Waals surface area contributed by atoms with Crippen LogP contribution >= 0.6 is 0 Å². The standard InChI is InChI=1S/C15H12N6/c16-10-6-7-11-12(8-10)21-14(9-4-2-1-3-5-9)19-20-15(21)18-13(11)17/h1-8H,16H2,(H2,17,18,20). The smallest absolute Gasteiger partial charge is 0.257 e.